The summed E-state index contributed by atoms with van der Waals surface area (Å²) in [5, 5.41) is 9.16. The van der Waals surface area contributed by atoms with Crippen LogP contribution in [0.15, 0.2) is 24.3 Å². The van der Waals surface area contributed by atoms with Crippen LogP contribution in [0.2, 0.25) is 0 Å². The Hall–Kier alpha value is -1.39. The van der Waals surface area contributed by atoms with Crippen LogP contribution in [0.1, 0.15) is 18.4 Å². The number of nitrogens with two attached hydrogens (primary N) is 1. The highest BCUT2D eigenvalue weighted by Crippen LogP contribution is 2.21. The molecule has 2 rings (SSSR count). The predicted octanol–water partition coefficient (Wildman–Crippen LogP) is 1.01. The third-order valence-electron chi connectivity index (χ3n) is 3.24. The van der Waals surface area contributed by atoms with Crippen molar-refractivity contribution >= 4 is 5.78 Å². The largest absolute Gasteiger partial charge is 0.508 e. The van der Waals surface area contributed by atoms with Crippen LogP contribution in [0.25, 0.3) is 0 Å². The molecular weight excluding hydrogens is 218 g/mol. The average molecular weight is 235 g/mol. The van der Waals surface area contributed by atoms with Crippen molar-refractivity contribution in [1.29, 1.82) is 0 Å². The van der Waals surface area contributed by atoms with E-state index in [9.17, 15) is 4.79 Å². The number of ketones is 1. The zero-order chi connectivity index (χ0) is 12.3. The molecule has 1 saturated heterocycles. The number of Topliss-reactive ketones (excluding diaryl/α,β-unsaturated/α-hetero) is 1. The number of phenols is 1. The molecule has 4 nitrogen and oxygen atoms in total. The maximum atomic E-state index is 12.1. The fourth-order valence-electron chi connectivity index (χ4n) is 1.99. The van der Waals surface area contributed by atoms with Gasteiger partial charge in [-0.3, -0.25) is 4.79 Å². The summed E-state index contributed by atoms with van der Waals surface area (Å²) in [6.45, 7) is 1.11. The first-order valence-corrected chi connectivity index (χ1v) is 5.78. The first-order chi connectivity index (χ1) is 8.10. The van der Waals surface area contributed by atoms with Gasteiger partial charge in [0.25, 0.3) is 0 Å². The maximum absolute atomic E-state index is 12.1. The van der Waals surface area contributed by atoms with E-state index in [1.807, 2.05) is 0 Å². The number of benzene rings is 1. The molecule has 0 radical (unpaired) electrons. The van der Waals surface area contributed by atoms with Gasteiger partial charge < -0.3 is 15.6 Å². The average Bonchev–Trinajstić information content (AvgIpc) is 2.33. The van der Waals surface area contributed by atoms with Crippen LogP contribution in [-0.4, -0.2) is 29.6 Å². The quantitative estimate of drug-likeness (QED) is 0.820. The van der Waals surface area contributed by atoms with E-state index in [1.54, 1.807) is 24.3 Å². The van der Waals surface area contributed by atoms with Gasteiger partial charge in [0.1, 0.15) is 5.75 Å². The SMILES string of the molecule is NC1(C(=O)Cc2ccc(O)cc2)CCOCC1. The Labute approximate surface area is 100 Å². The van der Waals surface area contributed by atoms with Crippen LogP contribution in [0.3, 0.4) is 0 Å². The molecule has 0 bridgehead atoms. The number of hydrogen-bond acceptors (Lipinski definition) is 4. The molecule has 1 aliphatic heterocycles. The van der Waals surface area contributed by atoms with Gasteiger partial charge in [-0.15, -0.1) is 0 Å². The Morgan fingerprint density at radius 3 is 2.47 bits per heavy atom. The summed E-state index contributed by atoms with van der Waals surface area (Å²) >= 11 is 0. The fraction of sp³-hybridized carbons (Fsp3) is 0.462. The minimum Gasteiger partial charge on any atom is -0.508 e. The maximum Gasteiger partial charge on any atom is 0.157 e. The minimum absolute atomic E-state index is 0.0477. The predicted molar refractivity (Wildman–Crippen MR) is 63.8 cm³/mol. The van der Waals surface area contributed by atoms with Gasteiger partial charge in [0.2, 0.25) is 0 Å². The van der Waals surface area contributed by atoms with Crippen LogP contribution in [0, 0.1) is 0 Å². The van der Waals surface area contributed by atoms with Gasteiger partial charge in [0.05, 0.1) is 5.54 Å². The molecule has 0 saturated carbocycles. The highest BCUT2D eigenvalue weighted by atomic mass is 16.5. The van der Waals surface area contributed by atoms with E-state index >= 15 is 0 Å². The van der Waals surface area contributed by atoms with Crippen LogP contribution in [0.5, 0.6) is 5.75 Å². The second-order valence-electron chi connectivity index (χ2n) is 4.53. The summed E-state index contributed by atoms with van der Waals surface area (Å²) in [6, 6.07) is 6.65. The molecule has 0 unspecified atom stereocenters. The minimum atomic E-state index is -0.740. The molecule has 0 aliphatic carbocycles. The second-order valence-corrected chi connectivity index (χ2v) is 4.53. The third-order valence-corrected chi connectivity index (χ3v) is 3.24. The van der Waals surface area contributed by atoms with Gasteiger partial charge in [-0.1, -0.05) is 12.1 Å². The smallest absolute Gasteiger partial charge is 0.157 e. The van der Waals surface area contributed by atoms with E-state index in [0.717, 1.165) is 5.56 Å². The number of ether oxygens (including phenoxy) is 1. The number of hydrogen-bond donors (Lipinski definition) is 2. The van der Waals surface area contributed by atoms with Crippen LogP contribution < -0.4 is 5.73 Å². The molecule has 0 spiro atoms. The van der Waals surface area contributed by atoms with Gasteiger partial charge >= 0.3 is 0 Å². The Bertz CT molecular complexity index is 394. The van der Waals surface area contributed by atoms with Crippen molar-refractivity contribution in [2.45, 2.75) is 24.8 Å². The van der Waals surface area contributed by atoms with Crippen LogP contribution in [0.4, 0.5) is 0 Å². The molecule has 1 heterocycles. The van der Waals surface area contributed by atoms with E-state index in [-0.39, 0.29) is 11.5 Å². The lowest BCUT2D eigenvalue weighted by atomic mass is 9.84. The van der Waals surface area contributed by atoms with Gasteiger partial charge in [-0.25, -0.2) is 0 Å². The number of carbonyl (C=O) groups excluding carboxylic acids is 1. The van der Waals surface area contributed by atoms with E-state index in [2.05, 4.69) is 0 Å². The zero-order valence-corrected chi connectivity index (χ0v) is 9.69. The standard InChI is InChI=1S/C13H17NO3/c14-13(5-7-17-8-6-13)12(16)9-10-1-3-11(15)4-2-10/h1-4,15H,5-9,14H2. The zero-order valence-electron chi connectivity index (χ0n) is 9.69. The van der Waals surface area contributed by atoms with Crippen LogP contribution in [-0.2, 0) is 16.0 Å². The van der Waals surface area contributed by atoms with Crippen molar-refractivity contribution < 1.29 is 14.6 Å². The summed E-state index contributed by atoms with van der Waals surface area (Å²) < 4.78 is 5.22. The van der Waals surface area contributed by atoms with Crippen molar-refractivity contribution in [3.63, 3.8) is 0 Å². The fourth-order valence-corrected chi connectivity index (χ4v) is 1.99. The number of rotatable bonds is 3. The van der Waals surface area contributed by atoms with Gasteiger partial charge in [0.15, 0.2) is 5.78 Å². The topological polar surface area (TPSA) is 72.6 Å². The van der Waals surface area contributed by atoms with Crippen molar-refractivity contribution in [3.8, 4) is 5.75 Å². The van der Waals surface area contributed by atoms with E-state index in [1.165, 1.54) is 0 Å². The van der Waals surface area contributed by atoms with E-state index in [4.69, 9.17) is 15.6 Å². The third kappa shape index (κ3) is 2.84. The van der Waals surface area contributed by atoms with Gasteiger partial charge in [-0.2, -0.15) is 0 Å². The lowest BCUT2D eigenvalue weighted by molar-refractivity contribution is -0.126. The van der Waals surface area contributed by atoms with Gasteiger partial charge in [-0.05, 0) is 30.5 Å². The molecule has 1 aromatic rings. The summed E-state index contributed by atoms with van der Waals surface area (Å²) in [4.78, 5) is 12.1. The summed E-state index contributed by atoms with van der Waals surface area (Å²) in [5.74, 6) is 0.251. The summed E-state index contributed by atoms with van der Waals surface area (Å²) in [5.41, 5.74) is 6.24. The molecule has 0 atom stereocenters. The lowest BCUT2D eigenvalue weighted by Crippen LogP contribution is -2.52. The first kappa shape index (κ1) is 12.1. The van der Waals surface area contributed by atoms with E-state index < -0.39 is 5.54 Å². The summed E-state index contributed by atoms with van der Waals surface area (Å²) in [7, 11) is 0. The Morgan fingerprint density at radius 1 is 1.29 bits per heavy atom. The number of carbonyl (C=O) groups is 1. The molecule has 1 aliphatic rings. The Morgan fingerprint density at radius 2 is 1.88 bits per heavy atom. The summed E-state index contributed by atoms with van der Waals surface area (Å²) in [6.07, 6.45) is 1.49. The number of phenolic OH excluding ortho intramolecular Hbond substituents is 1. The van der Waals surface area contributed by atoms with Gasteiger partial charge in [0, 0.05) is 19.6 Å². The molecule has 0 amide bonds. The van der Waals surface area contributed by atoms with Crippen molar-refractivity contribution in [3.05, 3.63) is 29.8 Å². The monoisotopic (exact) mass is 235 g/mol. The molecule has 92 valence electrons. The van der Waals surface area contributed by atoms with Crippen LogP contribution >= 0.6 is 0 Å². The molecule has 1 fully saturated rings. The molecule has 1 aromatic carbocycles. The Kier molecular flexibility index (Phi) is 3.45. The second kappa shape index (κ2) is 4.85. The molecular formula is C13H17NO3. The molecule has 17 heavy (non-hydrogen) atoms. The first-order valence-electron chi connectivity index (χ1n) is 5.78. The van der Waals surface area contributed by atoms with E-state index in [0.29, 0.717) is 32.5 Å². The molecule has 3 N–H and O–H groups in total. The highest BCUT2D eigenvalue weighted by Gasteiger charge is 2.35. The molecule has 4 heteroatoms. The van der Waals surface area contributed by atoms with Crippen molar-refractivity contribution in [2.75, 3.05) is 13.2 Å². The number of aromatic hydroxyl groups is 1. The molecule has 0 aromatic heterocycles. The highest BCUT2D eigenvalue weighted by molar-refractivity contribution is 5.90. The normalized spacial score (nSPS) is 18.9. The lowest BCUT2D eigenvalue weighted by Gasteiger charge is -2.31. The van der Waals surface area contributed by atoms with Crippen molar-refractivity contribution in [2.24, 2.45) is 5.73 Å². The van der Waals surface area contributed by atoms with Crippen molar-refractivity contribution in [1.82, 2.24) is 0 Å². The Balaban J connectivity index is 2.03.